The zero-order valence-corrected chi connectivity index (χ0v) is 27.8. The lowest BCUT2D eigenvalue weighted by atomic mass is 9.81. The number of benzodiazepines with no additional fused rings is 1. The van der Waals surface area contributed by atoms with Crippen molar-refractivity contribution >= 4 is 29.1 Å². The highest BCUT2D eigenvalue weighted by Gasteiger charge is 2.37. The molecule has 0 spiro atoms. The number of fused-ring (bicyclic) bond motifs is 1. The SMILES string of the molecule is CCCCC(C(N)=O)C(CC(C)C)C(=O)NC1N=C(c2ccccc2)c2ccccc2N(Cc2cccc(Oc3ccccc3)c2)C1=O. The Labute approximate surface area is 283 Å². The Morgan fingerprint density at radius 3 is 2.23 bits per heavy atom. The van der Waals surface area contributed by atoms with Crippen molar-refractivity contribution in [1.29, 1.82) is 0 Å². The molecule has 3 amide bonds. The number of amides is 3. The van der Waals surface area contributed by atoms with E-state index in [4.69, 9.17) is 15.5 Å². The highest BCUT2D eigenvalue weighted by atomic mass is 16.5. The van der Waals surface area contributed by atoms with E-state index in [1.165, 1.54) is 0 Å². The van der Waals surface area contributed by atoms with Crippen molar-refractivity contribution < 1.29 is 19.1 Å². The molecule has 8 nitrogen and oxygen atoms in total. The average molecular weight is 645 g/mol. The monoisotopic (exact) mass is 644 g/mol. The van der Waals surface area contributed by atoms with Crippen molar-refractivity contribution in [3.8, 4) is 11.5 Å². The van der Waals surface area contributed by atoms with Crippen molar-refractivity contribution in [3.05, 3.63) is 126 Å². The Hall–Kier alpha value is -5.24. The molecule has 0 saturated carbocycles. The average Bonchev–Trinajstić information content (AvgIpc) is 3.19. The number of anilines is 1. The predicted octanol–water partition coefficient (Wildman–Crippen LogP) is 7.26. The molecule has 48 heavy (non-hydrogen) atoms. The molecule has 0 bridgehead atoms. The second-order valence-electron chi connectivity index (χ2n) is 12.6. The van der Waals surface area contributed by atoms with Gasteiger partial charge in [-0.2, -0.15) is 0 Å². The first-order chi connectivity index (χ1) is 23.2. The lowest BCUT2D eigenvalue weighted by Crippen LogP contribution is -2.50. The van der Waals surface area contributed by atoms with Crippen LogP contribution >= 0.6 is 0 Å². The molecule has 5 rings (SSSR count). The van der Waals surface area contributed by atoms with Crippen molar-refractivity contribution in [2.75, 3.05) is 4.90 Å². The van der Waals surface area contributed by atoms with Gasteiger partial charge < -0.3 is 20.7 Å². The zero-order valence-electron chi connectivity index (χ0n) is 27.8. The summed E-state index contributed by atoms with van der Waals surface area (Å²) < 4.78 is 6.08. The lowest BCUT2D eigenvalue weighted by molar-refractivity contribution is -0.136. The first-order valence-electron chi connectivity index (χ1n) is 16.7. The standard InChI is InChI=1S/C40H44N4O4/c1-4-5-21-32(37(41)45)34(24-27(2)3)39(46)43-38-40(47)44(26-28-15-14-20-31(25-28)48-30-18-10-7-11-19-30)35-23-13-12-22-33(35)36(42-38)29-16-8-6-9-17-29/h6-20,22-23,25,27,32,34,38H,4-5,21,24,26H2,1-3H3,(H2,41,45)(H,43,46). The fourth-order valence-electron chi connectivity index (χ4n) is 6.20. The Balaban J connectivity index is 1.54. The van der Waals surface area contributed by atoms with Crippen molar-refractivity contribution in [3.63, 3.8) is 0 Å². The number of nitrogens with one attached hydrogen (secondary N) is 1. The van der Waals surface area contributed by atoms with E-state index in [9.17, 15) is 14.4 Å². The fraction of sp³-hybridized carbons (Fsp3) is 0.300. The number of para-hydroxylation sites is 2. The number of benzene rings is 4. The van der Waals surface area contributed by atoms with E-state index < -0.39 is 29.8 Å². The third-order valence-electron chi connectivity index (χ3n) is 8.53. The Morgan fingerprint density at radius 2 is 1.54 bits per heavy atom. The third-order valence-corrected chi connectivity index (χ3v) is 8.53. The van der Waals surface area contributed by atoms with E-state index in [0.29, 0.717) is 35.7 Å². The summed E-state index contributed by atoms with van der Waals surface area (Å²) in [4.78, 5) is 48.0. The van der Waals surface area contributed by atoms with Crippen LogP contribution in [0.1, 0.15) is 63.1 Å². The van der Waals surface area contributed by atoms with Crippen LogP contribution < -0.4 is 20.7 Å². The Morgan fingerprint density at radius 1 is 0.875 bits per heavy atom. The van der Waals surface area contributed by atoms with Gasteiger partial charge in [0.2, 0.25) is 18.0 Å². The molecular weight excluding hydrogens is 600 g/mol. The highest BCUT2D eigenvalue weighted by molar-refractivity contribution is 6.20. The van der Waals surface area contributed by atoms with Gasteiger partial charge in [0, 0.05) is 23.0 Å². The lowest BCUT2D eigenvalue weighted by Gasteiger charge is -2.29. The van der Waals surface area contributed by atoms with Crippen LogP contribution in [0.4, 0.5) is 5.69 Å². The van der Waals surface area contributed by atoms with Crippen LogP contribution in [-0.2, 0) is 20.9 Å². The highest BCUT2D eigenvalue weighted by Crippen LogP contribution is 2.32. The smallest absolute Gasteiger partial charge is 0.272 e. The summed E-state index contributed by atoms with van der Waals surface area (Å²) in [6.07, 6.45) is 1.36. The predicted molar refractivity (Wildman–Crippen MR) is 190 cm³/mol. The van der Waals surface area contributed by atoms with E-state index >= 15 is 0 Å². The van der Waals surface area contributed by atoms with Gasteiger partial charge in [-0.05, 0) is 54.7 Å². The van der Waals surface area contributed by atoms with Gasteiger partial charge in [-0.15, -0.1) is 0 Å². The van der Waals surface area contributed by atoms with Crippen LogP contribution in [0.2, 0.25) is 0 Å². The maximum Gasteiger partial charge on any atom is 0.272 e. The summed E-state index contributed by atoms with van der Waals surface area (Å²) >= 11 is 0. The molecule has 4 aromatic rings. The topological polar surface area (TPSA) is 114 Å². The van der Waals surface area contributed by atoms with E-state index in [-0.39, 0.29) is 18.4 Å². The van der Waals surface area contributed by atoms with E-state index in [1.807, 2.05) is 130 Å². The Bertz CT molecular complexity index is 1740. The van der Waals surface area contributed by atoms with Gasteiger partial charge in [0.1, 0.15) is 11.5 Å². The first-order valence-corrected chi connectivity index (χ1v) is 16.7. The number of ether oxygens (including phenoxy) is 1. The van der Waals surface area contributed by atoms with Crippen LogP contribution in [0.25, 0.3) is 0 Å². The second-order valence-corrected chi connectivity index (χ2v) is 12.6. The molecule has 4 aromatic carbocycles. The van der Waals surface area contributed by atoms with Crippen LogP contribution in [0.15, 0.2) is 114 Å². The summed E-state index contributed by atoms with van der Waals surface area (Å²) in [6, 6.07) is 34.4. The molecule has 0 saturated heterocycles. The molecule has 0 radical (unpaired) electrons. The summed E-state index contributed by atoms with van der Waals surface area (Å²) in [5, 5.41) is 2.97. The summed E-state index contributed by atoms with van der Waals surface area (Å²) in [5.74, 6) is -1.15. The molecule has 3 atom stereocenters. The molecule has 3 N–H and O–H groups in total. The molecule has 8 heteroatoms. The van der Waals surface area contributed by atoms with Crippen molar-refractivity contribution in [2.45, 2.75) is 59.2 Å². The van der Waals surface area contributed by atoms with Gasteiger partial charge in [-0.25, -0.2) is 4.99 Å². The number of hydrogen-bond acceptors (Lipinski definition) is 5. The summed E-state index contributed by atoms with van der Waals surface area (Å²) in [6.45, 7) is 6.26. The molecule has 0 fully saturated rings. The van der Waals surface area contributed by atoms with E-state index in [1.54, 1.807) is 4.90 Å². The Kier molecular flexibility index (Phi) is 11.4. The molecular formula is C40H44N4O4. The molecule has 1 aliphatic rings. The van der Waals surface area contributed by atoms with Gasteiger partial charge in [0.25, 0.3) is 5.91 Å². The molecule has 248 valence electrons. The summed E-state index contributed by atoms with van der Waals surface area (Å²) in [5.41, 5.74) is 9.55. The maximum absolute atomic E-state index is 14.6. The number of hydrogen-bond donors (Lipinski definition) is 2. The minimum atomic E-state index is -1.24. The number of nitrogens with two attached hydrogens (primary N) is 1. The minimum Gasteiger partial charge on any atom is -0.457 e. The molecule has 3 unspecified atom stereocenters. The van der Waals surface area contributed by atoms with Crippen LogP contribution in [-0.4, -0.2) is 29.6 Å². The van der Waals surface area contributed by atoms with Gasteiger partial charge in [-0.3, -0.25) is 14.4 Å². The summed E-state index contributed by atoms with van der Waals surface area (Å²) in [7, 11) is 0. The molecule has 0 aliphatic carbocycles. The second kappa shape index (κ2) is 16.0. The quantitative estimate of drug-likeness (QED) is 0.150. The number of rotatable bonds is 14. The normalized spacial score (nSPS) is 15.6. The molecule has 1 heterocycles. The van der Waals surface area contributed by atoms with Gasteiger partial charge in [0.05, 0.1) is 17.9 Å². The number of primary amides is 1. The zero-order chi connectivity index (χ0) is 34.0. The largest absolute Gasteiger partial charge is 0.457 e. The van der Waals surface area contributed by atoms with Crippen molar-refractivity contribution in [1.82, 2.24) is 5.32 Å². The third kappa shape index (κ3) is 8.37. The molecule has 1 aliphatic heterocycles. The minimum absolute atomic E-state index is 0.128. The van der Waals surface area contributed by atoms with Gasteiger partial charge in [0.15, 0.2) is 0 Å². The molecule has 0 aromatic heterocycles. The van der Waals surface area contributed by atoms with Crippen LogP contribution in [0.5, 0.6) is 11.5 Å². The first kappa shape index (κ1) is 34.1. The van der Waals surface area contributed by atoms with E-state index in [2.05, 4.69) is 5.32 Å². The number of unbranched alkanes of at least 4 members (excludes halogenated alkanes) is 1. The number of carbonyl (C=O) groups excluding carboxylic acids is 3. The fourth-order valence-corrected chi connectivity index (χ4v) is 6.20. The van der Waals surface area contributed by atoms with Crippen LogP contribution in [0.3, 0.4) is 0 Å². The van der Waals surface area contributed by atoms with Gasteiger partial charge in [-0.1, -0.05) is 112 Å². The van der Waals surface area contributed by atoms with Crippen LogP contribution in [0, 0.1) is 17.8 Å². The maximum atomic E-state index is 14.6. The van der Waals surface area contributed by atoms with E-state index in [0.717, 1.165) is 29.5 Å². The van der Waals surface area contributed by atoms with Gasteiger partial charge >= 0.3 is 0 Å². The number of nitrogens with zero attached hydrogens (tertiary/aromatic N) is 2. The van der Waals surface area contributed by atoms with Crippen molar-refractivity contribution in [2.24, 2.45) is 28.5 Å². The number of aliphatic imine (C=N–C) groups is 1. The number of carbonyl (C=O) groups is 3.